The van der Waals surface area contributed by atoms with Crippen LogP contribution in [-0.2, 0) is 18.1 Å². The summed E-state index contributed by atoms with van der Waals surface area (Å²) in [4.78, 5) is 10.8. The van der Waals surface area contributed by atoms with Gasteiger partial charge in [0.15, 0.2) is 0 Å². The summed E-state index contributed by atoms with van der Waals surface area (Å²) in [5.74, 6) is 0. The van der Waals surface area contributed by atoms with Gasteiger partial charge >= 0.3 is 38.7 Å². The van der Waals surface area contributed by atoms with Gasteiger partial charge in [-0.3, -0.25) is 8.98 Å². The van der Waals surface area contributed by atoms with E-state index in [1.165, 1.54) is 13.8 Å². The zero-order valence-corrected chi connectivity index (χ0v) is 11.5. The van der Waals surface area contributed by atoms with Crippen molar-refractivity contribution < 1.29 is 48.4 Å². The molecule has 4 nitrogen and oxygen atoms in total. The molecule has 0 spiro atoms. The Kier molecular flexibility index (Phi) is 8.71. The van der Waals surface area contributed by atoms with Crippen LogP contribution in [0.2, 0.25) is 0 Å². The van der Waals surface area contributed by atoms with Gasteiger partial charge in [-0.15, -0.1) is 0 Å². The fraction of sp³-hybridized carbons (Fsp3) is 0.500. The monoisotopic (exact) mass is 234 g/mol. The molecule has 0 saturated carbocycles. The topological polar surface area (TPSA) is 60.4 Å². The minimum atomic E-state index is -3.77. The Morgan fingerprint density at radius 2 is 2.08 bits per heavy atom. The number of carbonyl (C=O) groups is 1. The molecule has 72 valence electrons. The van der Waals surface area contributed by atoms with Crippen LogP contribution in [0.3, 0.4) is 0 Å². The molecule has 0 aromatic carbocycles. The minimum absolute atomic E-state index is 0. The summed E-state index contributed by atoms with van der Waals surface area (Å²) >= 11 is 0. The molecular formula is C6H11NaO4S2. The van der Waals surface area contributed by atoms with E-state index in [0.29, 0.717) is 0 Å². The van der Waals surface area contributed by atoms with Crippen LogP contribution in [0.25, 0.3) is 0 Å². The largest absolute Gasteiger partial charge is 1.00 e. The Labute approximate surface area is 105 Å². The van der Waals surface area contributed by atoms with Crippen LogP contribution in [0.15, 0.2) is 12.2 Å². The van der Waals surface area contributed by atoms with Gasteiger partial charge in [-0.2, -0.15) is 8.42 Å². The van der Waals surface area contributed by atoms with Crippen molar-refractivity contribution in [3.05, 3.63) is 12.2 Å². The molecule has 0 heterocycles. The van der Waals surface area contributed by atoms with Crippen molar-refractivity contribution in [3.8, 4) is 0 Å². The normalized spacial score (nSPS) is 10.3. The van der Waals surface area contributed by atoms with Gasteiger partial charge in [0.1, 0.15) is 0 Å². The molecule has 0 unspecified atom stereocenters. The Balaban J connectivity index is -0.000000605. The predicted octanol–water partition coefficient (Wildman–Crippen LogP) is -1.78. The van der Waals surface area contributed by atoms with Gasteiger partial charge in [0.25, 0.3) is 0 Å². The van der Waals surface area contributed by atoms with Crippen molar-refractivity contribution in [1.29, 1.82) is 0 Å². The fourth-order valence-electron chi connectivity index (χ4n) is 0.332. The van der Waals surface area contributed by atoms with Crippen LogP contribution in [-0.4, -0.2) is 20.1 Å². The average molecular weight is 234 g/mol. The Morgan fingerprint density at radius 1 is 1.62 bits per heavy atom. The SMILES string of the molecule is C=C(C)C(=O)SS(=O)(=O)OCC.[H-].[Na+]. The molecule has 0 saturated heterocycles. The van der Waals surface area contributed by atoms with Gasteiger partial charge < -0.3 is 1.43 Å². The van der Waals surface area contributed by atoms with Crippen LogP contribution in [0.5, 0.6) is 0 Å². The number of carbonyl (C=O) groups excluding carboxylic acids is 1. The first kappa shape index (κ1) is 16.1. The Morgan fingerprint density at radius 3 is 2.38 bits per heavy atom. The van der Waals surface area contributed by atoms with Crippen molar-refractivity contribution in [2.45, 2.75) is 13.8 Å². The van der Waals surface area contributed by atoms with Crippen LogP contribution < -0.4 is 29.6 Å². The molecule has 0 N–H and O–H groups in total. The van der Waals surface area contributed by atoms with E-state index in [2.05, 4.69) is 10.8 Å². The third-order valence-corrected chi connectivity index (χ3v) is 3.37. The summed E-state index contributed by atoms with van der Waals surface area (Å²) in [5.41, 5.74) is 0.184. The van der Waals surface area contributed by atoms with Gasteiger partial charge in [-0.1, -0.05) is 6.58 Å². The van der Waals surface area contributed by atoms with Crippen LogP contribution in [0.4, 0.5) is 0 Å². The fourth-order valence-corrected chi connectivity index (χ4v) is 2.41. The first-order valence-corrected chi connectivity index (χ1v) is 5.92. The van der Waals surface area contributed by atoms with E-state index in [9.17, 15) is 13.2 Å². The van der Waals surface area contributed by atoms with Crippen molar-refractivity contribution in [2.24, 2.45) is 0 Å². The summed E-state index contributed by atoms with van der Waals surface area (Å²) in [7, 11) is -3.62. The zero-order chi connectivity index (χ0) is 9.78. The average Bonchev–Trinajstić information content (AvgIpc) is 1.85. The molecule has 0 rings (SSSR count). The summed E-state index contributed by atoms with van der Waals surface area (Å²) in [6.45, 7) is 6.31. The van der Waals surface area contributed by atoms with E-state index < -0.39 is 14.3 Å². The molecule has 0 bridgehead atoms. The summed E-state index contributed by atoms with van der Waals surface area (Å²) in [5, 5.41) is -0.594. The predicted molar refractivity (Wildman–Crippen MR) is 49.1 cm³/mol. The van der Waals surface area contributed by atoms with Gasteiger partial charge in [0, 0.05) is 0 Å². The maximum Gasteiger partial charge on any atom is 1.00 e. The van der Waals surface area contributed by atoms with Crippen LogP contribution in [0.1, 0.15) is 15.3 Å². The van der Waals surface area contributed by atoms with Crippen molar-refractivity contribution in [1.82, 2.24) is 0 Å². The molecule has 0 atom stereocenters. The van der Waals surface area contributed by atoms with Crippen molar-refractivity contribution in [3.63, 3.8) is 0 Å². The molecular weight excluding hydrogens is 223 g/mol. The third kappa shape index (κ3) is 7.72. The molecule has 0 aliphatic heterocycles. The second-order valence-electron chi connectivity index (χ2n) is 1.97. The molecule has 0 aliphatic carbocycles. The van der Waals surface area contributed by atoms with E-state index in [1.807, 2.05) is 0 Å². The molecule has 13 heavy (non-hydrogen) atoms. The van der Waals surface area contributed by atoms with Crippen LogP contribution in [0, 0.1) is 0 Å². The van der Waals surface area contributed by atoms with Crippen LogP contribution >= 0.6 is 10.8 Å². The van der Waals surface area contributed by atoms with Gasteiger partial charge in [0.2, 0.25) is 5.12 Å². The maximum absolute atomic E-state index is 10.8. The first-order valence-electron chi connectivity index (χ1n) is 3.17. The van der Waals surface area contributed by atoms with E-state index in [-0.39, 0.29) is 54.0 Å². The standard InChI is InChI=1S/C6H10O4S2.Na.H/c1-4-10-12(8,9)11-6(7)5(2)3;;/h2,4H2,1,3H3;;/q;+1;-1. The van der Waals surface area contributed by atoms with Gasteiger partial charge in [-0.25, -0.2) is 0 Å². The van der Waals surface area contributed by atoms with E-state index in [1.54, 1.807) is 0 Å². The third-order valence-electron chi connectivity index (χ3n) is 0.788. The molecule has 0 aliphatic rings. The second kappa shape index (κ2) is 7.03. The molecule has 0 fully saturated rings. The summed E-state index contributed by atoms with van der Waals surface area (Å²) in [6, 6.07) is 0. The molecule has 0 radical (unpaired) electrons. The van der Waals surface area contributed by atoms with E-state index in [0.717, 1.165) is 0 Å². The van der Waals surface area contributed by atoms with Crippen molar-refractivity contribution in [2.75, 3.05) is 6.61 Å². The Bertz CT molecular complexity index is 288. The minimum Gasteiger partial charge on any atom is -1.00 e. The van der Waals surface area contributed by atoms with Gasteiger partial charge in [-0.05, 0) is 19.4 Å². The van der Waals surface area contributed by atoms with E-state index >= 15 is 0 Å². The molecule has 0 aromatic heterocycles. The summed E-state index contributed by atoms with van der Waals surface area (Å²) in [6.07, 6.45) is 0. The number of rotatable bonds is 4. The summed E-state index contributed by atoms with van der Waals surface area (Å²) < 4.78 is 26.0. The number of hydrogen-bond acceptors (Lipinski definition) is 5. The number of hydrogen-bond donors (Lipinski definition) is 0. The smallest absolute Gasteiger partial charge is 1.00 e. The molecule has 0 aromatic rings. The first-order chi connectivity index (χ1) is 5.39. The quantitative estimate of drug-likeness (QED) is 0.327. The molecule has 0 amide bonds. The van der Waals surface area contributed by atoms with Crippen molar-refractivity contribution >= 4 is 25.1 Å². The van der Waals surface area contributed by atoms with Gasteiger partial charge in [0.05, 0.1) is 17.4 Å². The maximum atomic E-state index is 10.8. The second-order valence-corrected chi connectivity index (χ2v) is 5.28. The van der Waals surface area contributed by atoms with E-state index in [4.69, 9.17) is 0 Å². The zero-order valence-electron chi connectivity index (χ0n) is 8.86. The molecule has 7 heteroatoms. The Hall–Kier alpha value is 0.670.